The highest BCUT2D eigenvalue weighted by molar-refractivity contribution is 7.08. The number of methoxy groups -OCH3 is 1. The Morgan fingerprint density at radius 3 is 2.82 bits per heavy atom. The summed E-state index contributed by atoms with van der Waals surface area (Å²) < 4.78 is 11.1. The molecular formula is C16H18N2O3S. The third-order valence-electron chi connectivity index (χ3n) is 3.48. The summed E-state index contributed by atoms with van der Waals surface area (Å²) in [6.07, 6.45) is 0.801. The van der Waals surface area contributed by atoms with Crippen molar-refractivity contribution in [3.8, 4) is 5.88 Å². The topological polar surface area (TPSA) is 63.9 Å². The van der Waals surface area contributed by atoms with Crippen LogP contribution in [0.1, 0.15) is 36.6 Å². The second-order valence-corrected chi connectivity index (χ2v) is 6.54. The van der Waals surface area contributed by atoms with Gasteiger partial charge in [-0.1, -0.05) is 0 Å². The normalized spacial score (nSPS) is 17.7. The first-order chi connectivity index (χ1) is 10.5. The van der Waals surface area contributed by atoms with Crippen molar-refractivity contribution in [2.24, 2.45) is 4.99 Å². The highest BCUT2D eigenvalue weighted by atomic mass is 32.1. The fourth-order valence-electron chi connectivity index (χ4n) is 2.39. The summed E-state index contributed by atoms with van der Waals surface area (Å²) in [6, 6.07) is 3.68. The van der Waals surface area contributed by atoms with Crippen LogP contribution in [0.15, 0.2) is 34.1 Å². The quantitative estimate of drug-likeness (QED) is 0.941. The lowest BCUT2D eigenvalue weighted by Crippen LogP contribution is -2.17. The Kier molecular flexibility index (Phi) is 3.88. The smallest absolute Gasteiger partial charge is 0.220 e. The molecule has 1 atom stereocenters. The molecule has 0 aliphatic carbocycles. The molecule has 0 aromatic carbocycles. The largest absolute Gasteiger partial charge is 0.481 e. The Bertz CT molecular complexity index is 695. The molecule has 0 amide bonds. The van der Waals surface area contributed by atoms with Crippen LogP contribution in [-0.4, -0.2) is 35.2 Å². The number of thiophene rings is 1. The van der Waals surface area contributed by atoms with Crippen molar-refractivity contribution in [3.63, 3.8) is 0 Å². The highest BCUT2D eigenvalue weighted by Gasteiger charge is 2.31. The van der Waals surface area contributed by atoms with Crippen LogP contribution in [0, 0.1) is 0 Å². The van der Waals surface area contributed by atoms with Crippen LogP contribution in [0.25, 0.3) is 0 Å². The molecule has 0 bridgehead atoms. The standard InChI is InChI=1S/C16H18N2O3S/c1-16(2)9-21-14(18-16)11-4-6-17-15(20-3)12(11)13(19)10-5-7-22-8-10/h4-8,13,19H,9H2,1-3H3. The van der Waals surface area contributed by atoms with Gasteiger partial charge in [-0.25, -0.2) is 9.98 Å². The van der Waals surface area contributed by atoms with Crippen molar-refractivity contribution in [2.45, 2.75) is 25.5 Å². The van der Waals surface area contributed by atoms with E-state index >= 15 is 0 Å². The van der Waals surface area contributed by atoms with Crippen molar-refractivity contribution in [2.75, 3.05) is 13.7 Å². The number of hydrogen-bond acceptors (Lipinski definition) is 6. The number of nitrogens with zero attached hydrogens (tertiary/aromatic N) is 2. The summed E-state index contributed by atoms with van der Waals surface area (Å²) in [7, 11) is 1.54. The molecule has 1 unspecified atom stereocenters. The van der Waals surface area contributed by atoms with E-state index in [2.05, 4.69) is 9.98 Å². The molecule has 2 aromatic heterocycles. The Morgan fingerprint density at radius 1 is 1.41 bits per heavy atom. The van der Waals surface area contributed by atoms with Crippen molar-refractivity contribution in [3.05, 3.63) is 45.8 Å². The van der Waals surface area contributed by atoms with Crippen LogP contribution >= 0.6 is 11.3 Å². The minimum absolute atomic E-state index is 0.267. The van der Waals surface area contributed by atoms with Crippen LogP contribution in [0.3, 0.4) is 0 Å². The SMILES string of the molecule is COc1nccc(C2=NC(C)(C)CO2)c1C(O)c1ccsc1. The molecule has 5 nitrogen and oxygen atoms in total. The summed E-state index contributed by atoms with van der Waals surface area (Å²) in [5, 5.41) is 14.6. The van der Waals surface area contributed by atoms with E-state index in [1.807, 2.05) is 30.7 Å². The Morgan fingerprint density at radius 2 is 2.23 bits per heavy atom. The first-order valence-corrected chi connectivity index (χ1v) is 7.92. The van der Waals surface area contributed by atoms with Gasteiger partial charge in [0.25, 0.3) is 0 Å². The number of rotatable bonds is 4. The van der Waals surface area contributed by atoms with E-state index < -0.39 is 6.10 Å². The van der Waals surface area contributed by atoms with Crippen molar-refractivity contribution in [1.82, 2.24) is 4.98 Å². The molecule has 0 radical (unpaired) electrons. The molecule has 3 rings (SSSR count). The zero-order valence-electron chi connectivity index (χ0n) is 12.7. The molecule has 0 fully saturated rings. The van der Waals surface area contributed by atoms with Gasteiger partial charge in [-0.15, -0.1) is 0 Å². The zero-order valence-corrected chi connectivity index (χ0v) is 13.6. The summed E-state index contributed by atoms with van der Waals surface area (Å²) in [5.41, 5.74) is 1.84. The first-order valence-electron chi connectivity index (χ1n) is 6.98. The maximum absolute atomic E-state index is 10.7. The van der Waals surface area contributed by atoms with Crippen LogP contribution < -0.4 is 4.74 Å². The van der Waals surface area contributed by atoms with Gasteiger partial charge in [0.05, 0.1) is 18.2 Å². The number of ether oxygens (including phenoxy) is 2. The molecule has 3 heterocycles. The third-order valence-corrected chi connectivity index (χ3v) is 4.18. The Labute approximate surface area is 133 Å². The minimum Gasteiger partial charge on any atom is -0.481 e. The molecule has 22 heavy (non-hydrogen) atoms. The van der Waals surface area contributed by atoms with E-state index in [1.54, 1.807) is 12.3 Å². The average Bonchev–Trinajstić information content (AvgIpc) is 3.15. The first kappa shape index (κ1) is 15.0. The van der Waals surface area contributed by atoms with Crippen LogP contribution in [0.2, 0.25) is 0 Å². The van der Waals surface area contributed by atoms with E-state index in [4.69, 9.17) is 9.47 Å². The van der Waals surface area contributed by atoms with Gasteiger partial charge in [-0.2, -0.15) is 11.3 Å². The lowest BCUT2D eigenvalue weighted by atomic mass is 10.00. The zero-order chi connectivity index (χ0) is 15.7. The summed E-state index contributed by atoms with van der Waals surface area (Å²) >= 11 is 1.53. The molecule has 1 aliphatic rings. The van der Waals surface area contributed by atoms with Crippen LogP contribution in [0.4, 0.5) is 0 Å². The number of pyridine rings is 1. The van der Waals surface area contributed by atoms with Gasteiger partial charge in [0.15, 0.2) is 0 Å². The molecule has 0 saturated heterocycles. The lowest BCUT2D eigenvalue weighted by Gasteiger charge is -2.17. The van der Waals surface area contributed by atoms with E-state index in [-0.39, 0.29) is 5.54 Å². The fraction of sp³-hybridized carbons (Fsp3) is 0.375. The Hall–Kier alpha value is -1.92. The number of aliphatic imine (C=N–C) groups is 1. The van der Waals surface area contributed by atoms with Gasteiger partial charge >= 0.3 is 0 Å². The summed E-state index contributed by atoms with van der Waals surface area (Å²) in [5.74, 6) is 0.905. The van der Waals surface area contributed by atoms with Crippen molar-refractivity contribution in [1.29, 1.82) is 0 Å². The van der Waals surface area contributed by atoms with Crippen molar-refractivity contribution < 1.29 is 14.6 Å². The second kappa shape index (κ2) is 5.70. The fourth-order valence-corrected chi connectivity index (χ4v) is 3.07. The van der Waals surface area contributed by atoms with Crippen LogP contribution in [0.5, 0.6) is 5.88 Å². The molecule has 0 saturated carbocycles. The summed E-state index contributed by atoms with van der Waals surface area (Å²) in [4.78, 5) is 8.80. The van der Waals surface area contributed by atoms with Gasteiger partial charge in [-0.05, 0) is 42.3 Å². The molecule has 6 heteroatoms. The number of aliphatic hydroxyl groups is 1. The highest BCUT2D eigenvalue weighted by Crippen LogP contribution is 2.34. The second-order valence-electron chi connectivity index (χ2n) is 5.76. The van der Waals surface area contributed by atoms with E-state index in [0.717, 1.165) is 11.1 Å². The van der Waals surface area contributed by atoms with E-state index in [1.165, 1.54) is 18.4 Å². The molecule has 2 aromatic rings. The molecular weight excluding hydrogens is 300 g/mol. The molecule has 116 valence electrons. The molecule has 1 aliphatic heterocycles. The van der Waals surface area contributed by atoms with Crippen LogP contribution in [-0.2, 0) is 4.74 Å². The van der Waals surface area contributed by atoms with E-state index in [9.17, 15) is 5.11 Å². The Balaban J connectivity index is 2.11. The number of aliphatic hydroxyl groups excluding tert-OH is 1. The van der Waals surface area contributed by atoms with Gasteiger partial charge in [0, 0.05) is 11.8 Å². The average molecular weight is 318 g/mol. The maximum Gasteiger partial charge on any atom is 0.220 e. The van der Waals surface area contributed by atoms with Crippen molar-refractivity contribution >= 4 is 17.2 Å². The van der Waals surface area contributed by atoms with Gasteiger partial charge in [0.2, 0.25) is 11.8 Å². The number of hydrogen-bond donors (Lipinski definition) is 1. The van der Waals surface area contributed by atoms with E-state index in [0.29, 0.717) is 23.9 Å². The monoisotopic (exact) mass is 318 g/mol. The summed E-state index contributed by atoms with van der Waals surface area (Å²) in [6.45, 7) is 4.53. The van der Waals surface area contributed by atoms with Gasteiger partial charge in [-0.3, -0.25) is 0 Å². The lowest BCUT2D eigenvalue weighted by molar-refractivity contribution is 0.212. The van der Waals surface area contributed by atoms with Gasteiger partial charge in [0.1, 0.15) is 12.7 Å². The third kappa shape index (κ3) is 2.71. The predicted octanol–water partition coefficient (Wildman–Crippen LogP) is 2.79. The molecule has 0 spiro atoms. The minimum atomic E-state index is -0.833. The number of aromatic nitrogens is 1. The molecule has 1 N–H and O–H groups in total. The predicted molar refractivity (Wildman–Crippen MR) is 85.7 cm³/mol. The maximum atomic E-state index is 10.7. The van der Waals surface area contributed by atoms with Gasteiger partial charge < -0.3 is 14.6 Å².